The molecule has 8 nitrogen and oxygen atoms in total. The average molecular weight is 512 g/mol. The summed E-state index contributed by atoms with van der Waals surface area (Å²) in [5, 5.41) is 15.5. The normalized spacial score (nSPS) is 13.0. The van der Waals surface area contributed by atoms with Crippen molar-refractivity contribution >= 4 is 23.5 Å². The summed E-state index contributed by atoms with van der Waals surface area (Å²) in [6, 6.07) is 16.4. The maximum atomic E-state index is 13.2. The molecule has 2 atom stereocenters. The molecule has 0 bridgehead atoms. The van der Waals surface area contributed by atoms with E-state index in [2.05, 4.69) is 10.6 Å². The fourth-order valence-corrected chi connectivity index (χ4v) is 3.99. The van der Waals surface area contributed by atoms with Crippen LogP contribution in [-0.4, -0.2) is 41.1 Å². The molecule has 0 saturated carbocycles. The molecule has 0 unspecified atom stereocenters. The number of hydrogen-bond acceptors (Lipinski definition) is 6. The summed E-state index contributed by atoms with van der Waals surface area (Å²) in [6.07, 6.45) is 2.90. The van der Waals surface area contributed by atoms with E-state index in [1.54, 1.807) is 24.3 Å². The second kappa shape index (κ2) is 15.1. The molecule has 0 heterocycles. The van der Waals surface area contributed by atoms with E-state index in [0.717, 1.165) is 11.1 Å². The van der Waals surface area contributed by atoms with Gasteiger partial charge in [-0.2, -0.15) is 0 Å². The second-order valence-corrected chi connectivity index (χ2v) is 10.4. The summed E-state index contributed by atoms with van der Waals surface area (Å²) in [4.78, 5) is 36.9. The van der Waals surface area contributed by atoms with Gasteiger partial charge in [-0.25, -0.2) is 0 Å². The molecule has 0 aliphatic rings. The largest absolute Gasteiger partial charge is 0.460 e. The Hall–Kier alpha value is -3.23. The minimum atomic E-state index is -0.573. The van der Waals surface area contributed by atoms with E-state index in [4.69, 9.17) is 10.5 Å². The SMILES string of the molecule is CC(C)(C)OC(=O)C[C@H](CN[C@@H](CCCCC(N)=O)C(=O)Nc1ccc(CO)cc1)Cc1ccccc1. The number of carbonyl (C=O) groups is 3. The van der Waals surface area contributed by atoms with Crippen LogP contribution in [-0.2, 0) is 32.1 Å². The number of aliphatic hydroxyl groups excluding tert-OH is 1. The van der Waals surface area contributed by atoms with Gasteiger partial charge in [-0.15, -0.1) is 0 Å². The maximum absolute atomic E-state index is 13.2. The second-order valence-electron chi connectivity index (χ2n) is 10.4. The third-order valence-corrected chi connectivity index (χ3v) is 5.78. The first-order valence-electron chi connectivity index (χ1n) is 12.8. The van der Waals surface area contributed by atoms with E-state index >= 15 is 0 Å². The Kier molecular flexibility index (Phi) is 12.3. The molecule has 2 aromatic carbocycles. The van der Waals surface area contributed by atoms with Crippen LogP contribution in [0, 0.1) is 5.92 Å². The minimum Gasteiger partial charge on any atom is -0.460 e. The van der Waals surface area contributed by atoms with E-state index in [9.17, 15) is 19.5 Å². The molecule has 8 heteroatoms. The lowest BCUT2D eigenvalue weighted by Crippen LogP contribution is -2.43. The number of rotatable bonds is 15. The van der Waals surface area contributed by atoms with Crippen LogP contribution in [0.15, 0.2) is 54.6 Å². The van der Waals surface area contributed by atoms with E-state index < -0.39 is 11.6 Å². The Balaban J connectivity index is 2.10. The first-order chi connectivity index (χ1) is 17.6. The van der Waals surface area contributed by atoms with Crippen LogP contribution >= 0.6 is 0 Å². The van der Waals surface area contributed by atoms with Crippen molar-refractivity contribution < 1.29 is 24.2 Å². The zero-order valence-electron chi connectivity index (χ0n) is 22.2. The van der Waals surface area contributed by atoms with Crippen molar-refractivity contribution in [2.45, 2.75) is 77.5 Å². The van der Waals surface area contributed by atoms with Crippen LogP contribution in [0.1, 0.15) is 64.0 Å². The molecular formula is C29H41N3O5. The lowest BCUT2D eigenvalue weighted by Gasteiger charge is -2.25. The quantitative estimate of drug-likeness (QED) is 0.213. The monoisotopic (exact) mass is 511 g/mol. The van der Waals surface area contributed by atoms with Gasteiger partial charge in [-0.3, -0.25) is 14.4 Å². The molecule has 0 radical (unpaired) electrons. The molecule has 202 valence electrons. The molecule has 0 aromatic heterocycles. The number of ether oxygens (including phenoxy) is 1. The van der Waals surface area contributed by atoms with Gasteiger partial charge in [0.1, 0.15) is 5.60 Å². The number of nitrogens with two attached hydrogens (primary N) is 1. The Morgan fingerprint density at radius 2 is 1.65 bits per heavy atom. The van der Waals surface area contributed by atoms with Gasteiger partial charge in [0.2, 0.25) is 11.8 Å². The Bertz CT molecular complexity index is 987. The van der Waals surface area contributed by atoms with Crippen molar-refractivity contribution in [1.29, 1.82) is 0 Å². The van der Waals surface area contributed by atoms with Crippen molar-refractivity contribution in [3.63, 3.8) is 0 Å². The lowest BCUT2D eigenvalue weighted by molar-refractivity contribution is -0.155. The molecule has 37 heavy (non-hydrogen) atoms. The summed E-state index contributed by atoms with van der Waals surface area (Å²) in [7, 11) is 0. The molecule has 0 saturated heterocycles. The fraction of sp³-hybridized carbons (Fsp3) is 0.483. The van der Waals surface area contributed by atoms with Crippen LogP contribution in [0.4, 0.5) is 5.69 Å². The van der Waals surface area contributed by atoms with Crippen LogP contribution in [0.3, 0.4) is 0 Å². The Morgan fingerprint density at radius 3 is 2.24 bits per heavy atom. The predicted molar refractivity (Wildman–Crippen MR) is 145 cm³/mol. The standard InChI is InChI=1S/C29H41N3O5/c1-29(2,3)37-27(35)18-23(17-21-9-5-4-6-10-21)19-31-25(11-7-8-12-26(30)34)28(36)32-24-15-13-22(20-33)14-16-24/h4-6,9-10,13-16,23,25,31,33H,7-8,11-12,17-20H2,1-3H3,(H2,30,34)(H,32,36)/t23-,25+/m1/s1. The van der Waals surface area contributed by atoms with E-state index in [1.807, 2.05) is 51.1 Å². The number of primary amides is 1. The van der Waals surface area contributed by atoms with Gasteiger partial charge < -0.3 is 26.2 Å². The number of esters is 1. The Labute approximate surface area is 220 Å². The zero-order valence-corrected chi connectivity index (χ0v) is 22.2. The summed E-state index contributed by atoms with van der Waals surface area (Å²) in [5.74, 6) is -0.923. The van der Waals surface area contributed by atoms with Gasteiger partial charge >= 0.3 is 5.97 Å². The molecule has 0 fully saturated rings. The summed E-state index contributed by atoms with van der Waals surface area (Å²) >= 11 is 0. The highest BCUT2D eigenvalue weighted by Gasteiger charge is 2.24. The number of hydrogen-bond donors (Lipinski definition) is 4. The van der Waals surface area contributed by atoms with Crippen molar-refractivity contribution in [1.82, 2.24) is 5.32 Å². The molecule has 0 aliphatic heterocycles. The minimum absolute atomic E-state index is 0.0707. The summed E-state index contributed by atoms with van der Waals surface area (Å²) < 4.78 is 5.55. The molecule has 0 aliphatic carbocycles. The number of amides is 2. The summed E-state index contributed by atoms with van der Waals surface area (Å²) in [6.45, 7) is 5.89. The maximum Gasteiger partial charge on any atom is 0.306 e. The highest BCUT2D eigenvalue weighted by Crippen LogP contribution is 2.17. The van der Waals surface area contributed by atoms with Crippen molar-refractivity contribution in [2.24, 2.45) is 11.7 Å². The predicted octanol–water partition coefficient (Wildman–Crippen LogP) is 3.71. The van der Waals surface area contributed by atoms with E-state index in [0.29, 0.717) is 37.9 Å². The average Bonchev–Trinajstić information content (AvgIpc) is 2.83. The van der Waals surface area contributed by atoms with Crippen LogP contribution in [0.2, 0.25) is 0 Å². The van der Waals surface area contributed by atoms with Crippen molar-refractivity contribution in [3.05, 3.63) is 65.7 Å². The van der Waals surface area contributed by atoms with Gasteiger partial charge in [0.05, 0.1) is 12.6 Å². The highest BCUT2D eigenvalue weighted by atomic mass is 16.6. The fourth-order valence-electron chi connectivity index (χ4n) is 3.99. The molecule has 5 N–H and O–H groups in total. The third-order valence-electron chi connectivity index (χ3n) is 5.78. The molecule has 2 rings (SSSR count). The number of unbranched alkanes of at least 4 members (excludes halogenated alkanes) is 1. The zero-order chi connectivity index (χ0) is 27.3. The number of nitrogens with one attached hydrogen (secondary N) is 2. The first-order valence-corrected chi connectivity index (χ1v) is 12.8. The van der Waals surface area contributed by atoms with Gasteiger partial charge in [0.25, 0.3) is 0 Å². The topological polar surface area (TPSA) is 131 Å². The van der Waals surface area contributed by atoms with Crippen LogP contribution in [0.25, 0.3) is 0 Å². The molecule has 0 spiro atoms. The Morgan fingerprint density at radius 1 is 0.973 bits per heavy atom. The summed E-state index contributed by atoms with van der Waals surface area (Å²) in [5.41, 5.74) is 7.17. The lowest BCUT2D eigenvalue weighted by atomic mass is 9.95. The van der Waals surface area contributed by atoms with E-state index in [1.165, 1.54) is 0 Å². The highest BCUT2D eigenvalue weighted by molar-refractivity contribution is 5.94. The third kappa shape index (κ3) is 12.5. The van der Waals surface area contributed by atoms with Gasteiger partial charge in [0.15, 0.2) is 0 Å². The molecule has 2 amide bonds. The number of carbonyl (C=O) groups excluding carboxylic acids is 3. The van der Waals surface area contributed by atoms with Crippen molar-refractivity contribution in [2.75, 3.05) is 11.9 Å². The number of anilines is 1. The van der Waals surface area contributed by atoms with Gasteiger partial charge in [-0.05, 0) is 75.8 Å². The van der Waals surface area contributed by atoms with Crippen LogP contribution in [0.5, 0.6) is 0 Å². The smallest absolute Gasteiger partial charge is 0.306 e. The van der Waals surface area contributed by atoms with E-state index in [-0.39, 0.29) is 43.2 Å². The van der Waals surface area contributed by atoms with Crippen molar-refractivity contribution in [3.8, 4) is 0 Å². The number of aliphatic hydroxyl groups is 1. The first kappa shape index (κ1) is 30.0. The molecular weight excluding hydrogens is 470 g/mol. The van der Waals surface area contributed by atoms with Gasteiger partial charge in [-0.1, -0.05) is 48.9 Å². The van der Waals surface area contributed by atoms with Crippen LogP contribution < -0.4 is 16.4 Å². The molecule has 2 aromatic rings. The number of benzene rings is 2. The van der Waals surface area contributed by atoms with Gasteiger partial charge in [0, 0.05) is 18.5 Å².